The lowest BCUT2D eigenvalue weighted by atomic mass is 9.95. The van der Waals surface area contributed by atoms with Crippen LogP contribution in [0.2, 0.25) is 10.0 Å². The molecule has 1 aliphatic rings. The van der Waals surface area contributed by atoms with E-state index in [2.05, 4.69) is 29.2 Å². The molecular formula is C21H28Cl2N4S. The molecule has 1 aliphatic heterocycles. The van der Waals surface area contributed by atoms with Gasteiger partial charge in [0.25, 0.3) is 0 Å². The summed E-state index contributed by atoms with van der Waals surface area (Å²) in [6, 6.07) is 6.68. The Balaban J connectivity index is 1.66. The van der Waals surface area contributed by atoms with Crippen molar-refractivity contribution in [3.8, 4) is 0 Å². The van der Waals surface area contributed by atoms with Crippen molar-refractivity contribution in [1.29, 1.82) is 0 Å². The highest BCUT2D eigenvalue weighted by Crippen LogP contribution is 2.37. The van der Waals surface area contributed by atoms with Crippen LogP contribution in [-0.2, 0) is 0 Å². The molecule has 0 spiro atoms. The van der Waals surface area contributed by atoms with Gasteiger partial charge in [-0.1, -0.05) is 54.4 Å². The zero-order chi connectivity index (χ0) is 20.1. The number of nitrogens with zero attached hydrogens (tertiary/aromatic N) is 3. The maximum absolute atomic E-state index is 6.30. The molecule has 0 amide bonds. The largest absolute Gasteiger partial charge is 0.366 e. The van der Waals surface area contributed by atoms with Crippen LogP contribution in [0.3, 0.4) is 0 Å². The summed E-state index contributed by atoms with van der Waals surface area (Å²) in [5.74, 6) is 0.837. The fourth-order valence-corrected chi connectivity index (χ4v) is 4.94. The number of benzene rings is 1. The molecule has 4 nitrogen and oxygen atoms in total. The number of aryl methyl sites for hydroxylation is 1. The predicted octanol–water partition coefficient (Wildman–Crippen LogP) is 6.31. The molecule has 0 saturated carbocycles. The first-order valence-corrected chi connectivity index (χ1v) is 11.5. The van der Waals surface area contributed by atoms with Crippen molar-refractivity contribution in [1.82, 2.24) is 14.9 Å². The molecule has 152 valence electrons. The van der Waals surface area contributed by atoms with Crippen LogP contribution >= 0.6 is 35.0 Å². The number of hydrogen-bond acceptors (Lipinski definition) is 5. The van der Waals surface area contributed by atoms with Crippen molar-refractivity contribution in [2.45, 2.75) is 68.0 Å². The molecule has 1 fully saturated rings. The van der Waals surface area contributed by atoms with Gasteiger partial charge in [0.2, 0.25) is 0 Å². The molecule has 1 aromatic carbocycles. The summed E-state index contributed by atoms with van der Waals surface area (Å²) in [4.78, 5) is 12.7. The van der Waals surface area contributed by atoms with Crippen molar-refractivity contribution < 1.29 is 0 Å². The first-order chi connectivity index (χ1) is 13.5. The Bertz CT molecular complexity index is 802. The summed E-state index contributed by atoms with van der Waals surface area (Å²) in [5.41, 5.74) is 0.885. The number of rotatable bonds is 7. The number of anilines is 1. The number of aromatic nitrogens is 2. The van der Waals surface area contributed by atoms with Gasteiger partial charge < -0.3 is 10.2 Å². The van der Waals surface area contributed by atoms with E-state index in [1.807, 2.05) is 25.3 Å². The lowest BCUT2D eigenvalue weighted by Gasteiger charge is -2.35. The van der Waals surface area contributed by atoms with Crippen molar-refractivity contribution in [3.05, 3.63) is 40.1 Å². The van der Waals surface area contributed by atoms with Crippen molar-refractivity contribution >= 4 is 40.8 Å². The fourth-order valence-electron chi connectivity index (χ4n) is 3.61. The molecule has 2 atom stereocenters. The van der Waals surface area contributed by atoms with E-state index in [0.717, 1.165) is 34.3 Å². The second kappa shape index (κ2) is 10.1. The fraction of sp³-hybridized carbons (Fsp3) is 0.524. The quantitative estimate of drug-likeness (QED) is 0.548. The Hall–Kier alpha value is -1.01. The van der Waals surface area contributed by atoms with E-state index in [-0.39, 0.29) is 0 Å². The lowest BCUT2D eigenvalue weighted by Crippen LogP contribution is -2.40. The van der Waals surface area contributed by atoms with E-state index < -0.39 is 0 Å². The normalized spacial score (nSPS) is 18.8. The minimum absolute atomic E-state index is 0.403. The third kappa shape index (κ3) is 5.53. The number of likely N-dealkylation sites (tertiary alicyclic amines) is 1. The van der Waals surface area contributed by atoms with Gasteiger partial charge in [0.1, 0.15) is 10.8 Å². The highest BCUT2D eigenvalue weighted by molar-refractivity contribution is 7.99. The van der Waals surface area contributed by atoms with Crippen LogP contribution in [0.5, 0.6) is 0 Å². The molecular weight excluding hydrogens is 411 g/mol. The van der Waals surface area contributed by atoms with Crippen LogP contribution in [0, 0.1) is 6.92 Å². The standard InChI is InChI=1S/C21H28Cl2N4S/c1-4-15(12-16-8-5-6-11-27(16)3)26-19-13-24-21(14(2)25-19)28-18-10-7-9-17(22)20(18)23/h7,9-10,13,15-16H,4-6,8,11-12H2,1-3H3,(H,25,26)/t15-,16?/m0/s1. The topological polar surface area (TPSA) is 41.0 Å². The Morgan fingerprint density at radius 3 is 2.86 bits per heavy atom. The smallest absolute Gasteiger partial charge is 0.145 e. The molecule has 3 rings (SSSR count). The predicted molar refractivity (Wildman–Crippen MR) is 120 cm³/mol. The average molecular weight is 439 g/mol. The summed E-state index contributed by atoms with van der Waals surface area (Å²) in [6.07, 6.45) is 7.97. The van der Waals surface area contributed by atoms with E-state index in [0.29, 0.717) is 22.1 Å². The molecule has 1 aromatic heterocycles. The monoisotopic (exact) mass is 438 g/mol. The van der Waals surface area contributed by atoms with E-state index in [1.165, 1.54) is 37.6 Å². The van der Waals surface area contributed by atoms with Crippen LogP contribution in [0.25, 0.3) is 0 Å². The molecule has 0 radical (unpaired) electrons. The van der Waals surface area contributed by atoms with Gasteiger partial charge in [-0.3, -0.25) is 0 Å². The number of piperidine rings is 1. The minimum Gasteiger partial charge on any atom is -0.366 e. The van der Waals surface area contributed by atoms with Crippen LogP contribution in [0.4, 0.5) is 5.82 Å². The summed E-state index contributed by atoms with van der Waals surface area (Å²) < 4.78 is 0. The maximum Gasteiger partial charge on any atom is 0.145 e. The molecule has 1 N–H and O–H groups in total. The number of nitrogens with one attached hydrogen (secondary N) is 1. The maximum atomic E-state index is 6.30. The van der Waals surface area contributed by atoms with Crippen LogP contribution in [-0.4, -0.2) is 40.5 Å². The van der Waals surface area contributed by atoms with Gasteiger partial charge >= 0.3 is 0 Å². The van der Waals surface area contributed by atoms with Gasteiger partial charge in [-0.25, -0.2) is 9.97 Å². The third-order valence-electron chi connectivity index (χ3n) is 5.35. The Morgan fingerprint density at radius 1 is 1.32 bits per heavy atom. The van der Waals surface area contributed by atoms with Crippen LogP contribution < -0.4 is 5.32 Å². The zero-order valence-corrected chi connectivity index (χ0v) is 19.0. The van der Waals surface area contributed by atoms with Crippen molar-refractivity contribution in [2.24, 2.45) is 0 Å². The Kier molecular flexibility index (Phi) is 7.86. The van der Waals surface area contributed by atoms with Crippen molar-refractivity contribution in [3.63, 3.8) is 0 Å². The molecule has 2 aromatic rings. The Morgan fingerprint density at radius 2 is 2.14 bits per heavy atom. The highest BCUT2D eigenvalue weighted by Gasteiger charge is 2.22. The first kappa shape index (κ1) is 21.7. The second-order valence-electron chi connectivity index (χ2n) is 7.42. The van der Waals surface area contributed by atoms with Gasteiger partial charge in [0.05, 0.1) is 21.9 Å². The van der Waals surface area contributed by atoms with Gasteiger partial charge in [-0.15, -0.1) is 0 Å². The lowest BCUT2D eigenvalue weighted by molar-refractivity contribution is 0.170. The average Bonchev–Trinajstić information content (AvgIpc) is 2.68. The van der Waals surface area contributed by atoms with Crippen LogP contribution in [0.15, 0.2) is 34.3 Å². The van der Waals surface area contributed by atoms with Crippen LogP contribution in [0.1, 0.15) is 44.7 Å². The molecule has 1 unspecified atom stereocenters. The molecule has 28 heavy (non-hydrogen) atoms. The van der Waals surface area contributed by atoms with Crippen molar-refractivity contribution in [2.75, 3.05) is 18.9 Å². The summed E-state index contributed by atoms with van der Waals surface area (Å²) >= 11 is 13.9. The van der Waals surface area contributed by atoms with Gasteiger partial charge in [-0.2, -0.15) is 0 Å². The zero-order valence-electron chi connectivity index (χ0n) is 16.7. The molecule has 0 bridgehead atoms. The minimum atomic E-state index is 0.403. The molecule has 1 saturated heterocycles. The molecule has 7 heteroatoms. The van der Waals surface area contributed by atoms with E-state index in [4.69, 9.17) is 28.2 Å². The number of hydrogen-bond donors (Lipinski definition) is 1. The van der Waals surface area contributed by atoms with E-state index in [9.17, 15) is 0 Å². The van der Waals surface area contributed by atoms with Gasteiger partial charge in [0.15, 0.2) is 0 Å². The van der Waals surface area contributed by atoms with E-state index >= 15 is 0 Å². The first-order valence-electron chi connectivity index (χ1n) is 9.90. The summed E-state index contributed by atoms with van der Waals surface area (Å²) in [7, 11) is 2.24. The molecule has 2 heterocycles. The third-order valence-corrected chi connectivity index (χ3v) is 7.43. The Labute approximate surface area is 182 Å². The van der Waals surface area contributed by atoms with Gasteiger partial charge in [0, 0.05) is 17.0 Å². The summed E-state index contributed by atoms with van der Waals surface area (Å²) in [6.45, 7) is 5.42. The molecule has 0 aliphatic carbocycles. The highest BCUT2D eigenvalue weighted by atomic mass is 35.5. The van der Waals surface area contributed by atoms with Gasteiger partial charge in [-0.05, 0) is 58.3 Å². The second-order valence-corrected chi connectivity index (χ2v) is 9.23. The number of halogens is 2. The summed E-state index contributed by atoms with van der Waals surface area (Å²) in [5, 5.41) is 5.54. The van der Waals surface area contributed by atoms with E-state index in [1.54, 1.807) is 6.07 Å². The SMILES string of the molecule is CC[C@@H](CC1CCCCN1C)Nc1cnc(Sc2cccc(Cl)c2Cl)c(C)n1.